The minimum Gasteiger partial charge on any atom is -0.493 e. The maximum Gasteiger partial charge on any atom is 0.203 e. The molecule has 32 heavy (non-hydrogen) atoms. The van der Waals surface area contributed by atoms with Crippen molar-refractivity contribution in [3.63, 3.8) is 0 Å². The fourth-order valence-corrected chi connectivity index (χ4v) is 4.36. The van der Waals surface area contributed by atoms with Crippen LogP contribution in [-0.4, -0.2) is 45.3 Å². The van der Waals surface area contributed by atoms with Gasteiger partial charge in [0.15, 0.2) is 11.5 Å². The van der Waals surface area contributed by atoms with Gasteiger partial charge in [-0.05, 0) is 41.0 Å². The molecule has 6 heteroatoms. The smallest absolute Gasteiger partial charge is 0.203 e. The number of benzene rings is 3. The molecule has 1 atom stereocenters. The first kappa shape index (κ1) is 22.5. The third kappa shape index (κ3) is 5.18. The van der Waals surface area contributed by atoms with Crippen molar-refractivity contribution in [3.8, 4) is 17.2 Å². The molecule has 3 aromatic rings. The van der Waals surface area contributed by atoms with Gasteiger partial charge >= 0.3 is 0 Å². The number of halogens is 1. The normalized spacial score (nSPS) is 15.2. The second kappa shape index (κ2) is 10.7. The monoisotopic (exact) mass is 452 g/mol. The third-order valence-electron chi connectivity index (χ3n) is 5.71. The summed E-state index contributed by atoms with van der Waals surface area (Å²) in [6, 6.07) is 22.3. The Morgan fingerprint density at radius 2 is 1.56 bits per heavy atom. The van der Waals surface area contributed by atoms with Gasteiger partial charge in [-0.3, -0.25) is 4.90 Å². The Labute approximate surface area is 194 Å². The van der Waals surface area contributed by atoms with E-state index in [9.17, 15) is 0 Å². The van der Waals surface area contributed by atoms with Crippen LogP contribution in [0.25, 0.3) is 0 Å². The zero-order valence-corrected chi connectivity index (χ0v) is 19.3. The van der Waals surface area contributed by atoms with Crippen molar-refractivity contribution in [1.29, 1.82) is 0 Å². The summed E-state index contributed by atoms with van der Waals surface area (Å²) in [5.74, 6) is 1.91. The highest BCUT2D eigenvalue weighted by molar-refractivity contribution is 6.30. The number of hydrogen-bond donors (Lipinski definition) is 1. The molecule has 1 saturated heterocycles. The molecule has 1 fully saturated rings. The second-order valence-corrected chi connectivity index (χ2v) is 8.21. The molecule has 1 unspecified atom stereocenters. The molecule has 0 bridgehead atoms. The summed E-state index contributed by atoms with van der Waals surface area (Å²) in [4.78, 5) is 2.46. The van der Waals surface area contributed by atoms with Gasteiger partial charge in [0.2, 0.25) is 5.75 Å². The summed E-state index contributed by atoms with van der Waals surface area (Å²) < 4.78 is 17.7. The van der Waals surface area contributed by atoms with E-state index in [2.05, 4.69) is 28.4 Å². The van der Waals surface area contributed by atoms with E-state index >= 15 is 0 Å². The number of methoxy groups -OCH3 is 2. The number of rotatable bonds is 8. The van der Waals surface area contributed by atoms with E-state index in [0.717, 1.165) is 47.9 Å². The van der Waals surface area contributed by atoms with Crippen molar-refractivity contribution in [2.75, 3.05) is 40.4 Å². The second-order valence-electron chi connectivity index (χ2n) is 7.77. The fourth-order valence-electron chi connectivity index (χ4n) is 4.16. The van der Waals surface area contributed by atoms with Crippen LogP contribution in [0.15, 0.2) is 66.7 Å². The zero-order valence-electron chi connectivity index (χ0n) is 18.5. The highest BCUT2D eigenvalue weighted by Gasteiger charge is 2.27. The molecule has 3 aromatic carbocycles. The number of ether oxygens (including phenoxy) is 3. The largest absolute Gasteiger partial charge is 0.493 e. The van der Waals surface area contributed by atoms with Crippen LogP contribution in [0.3, 0.4) is 0 Å². The Hall–Kier alpha value is -2.73. The Kier molecular flexibility index (Phi) is 7.53. The van der Waals surface area contributed by atoms with E-state index in [4.69, 9.17) is 25.8 Å². The Morgan fingerprint density at radius 1 is 0.875 bits per heavy atom. The number of nitrogens with zero attached hydrogens (tertiary/aromatic N) is 1. The first-order valence-electron chi connectivity index (χ1n) is 10.8. The van der Waals surface area contributed by atoms with Crippen molar-refractivity contribution in [3.05, 3.63) is 88.4 Å². The minimum atomic E-state index is 0.0294. The highest BCUT2D eigenvalue weighted by atomic mass is 35.5. The van der Waals surface area contributed by atoms with E-state index in [1.54, 1.807) is 14.2 Å². The van der Waals surface area contributed by atoms with Gasteiger partial charge in [0, 0.05) is 31.2 Å². The first-order chi connectivity index (χ1) is 15.7. The van der Waals surface area contributed by atoms with Crippen molar-refractivity contribution in [2.24, 2.45) is 0 Å². The van der Waals surface area contributed by atoms with Crippen LogP contribution in [-0.2, 0) is 6.61 Å². The van der Waals surface area contributed by atoms with Crippen LogP contribution in [0, 0.1) is 0 Å². The Balaban J connectivity index is 1.72. The molecule has 4 rings (SSSR count). The average Bonchev–Trinajstić information content (AvgIpc) is 2.84. The predicted molar refractivity (Wildman–Crippen MR) is 128 cm³/mol. The van der Waals surface area contributed by atoms with Gasteiger partial charge in [-0.15, -0.1) is 0 Å². The lowest BCUT2D eigenvalue weighted by atomic mass is 9.95. The van der Waals surface area contributed by atoms with Gasteiger partial charge in [0.25, 0.3) is 0 Å². The van der Waals surface area contributed by atoms with E-state index in [0.29, 0.717) is 23.9 Å². The van der Waals surface area contributed by atoms with Crippen molar-refractivity contribution < 1.29 is 14.2 Å². The minimum absolute atomic E-state index is 0.0294. The molecule has 0 amide bonds. The maximum absolute atomic E-state index is 6.36. The molecule has 1 heterocycles. The summed E-state index contributed by atoms with van der Waals surface area (Å²) >= 11 is 6.36. The SMILES string of the molecule is COc1cc(C(c2cccc(Cl)c2)N2CCNCC2)cc(OC)c1OCc1ccccc1. The lowest BCUT2D eigenvalue weighted by Crippen LogP contribution is -2.45. The molecule has 0 radical (unpaired) electrons. The standard InChI is InChI=1S/C26H29ClN2O3/c1-30-23-16-21(17-24(31-2)26(23)32-18-19-7-4-3-5-8-19)25(29-13-11-28-12-14-29)20-9-6-10-22(27)15-20/h3-10,15-17,25,28H,11-14,18H2,1-2H3. The Morgan fingerprint density at radius 3 is 2.19 bits per heavy atom. The molecule has 168 valence electrons. The van der Waals surface area contributed by atoms with Crippen molar-refractivity contribution in [2.45, 2.75) is 12.6 Å². The predicted octanol–water partition coefficient (Wildman–Crippen LogP) is 4.93. The fraction of sp³-hybridized carbons (Fsp3) is 0.308. The zero-order chi connectivity index (χ0) is 22.3. The molecule has 0 aliphatic carbocycles. The first-order valence-corrected chi connectivity index (χ1v) is 11.2. The van der Waals surface area contributed by atoms with Crippen LogP contribution in [0.4, 0.5) is 0 Å². The summed E-state index contributed by atoms with van der Waals surface area (Å²) in [7, 11) is 3.32. The van der Waals surface area contributed by atoms with E-state index in [-0.39, 0.29) is 6.04 Å². The van der Waals surface area contributed by atoms with Crippen molar-refractivity contribution in [1.82, 2.24) is 10.2 Å². The molecule has 0 spiro atoms. The van der Waals surface area contributed by atoms with Gasteiger partial charge in [0.1, 0.15) is 6.61 Å². The lowest BCUT2D eigenvalue weighted by Gasteiger charge is -2.36. The van der Waals surface area contributed by atoms with Gasteiger partial charge in [-0.1, -0.05) is 54.1 Å². The van der Waals surface area contributed by atoms with E-state index in [1.165, 1.54) is 0 Å². The molecule has 1 aliphatic rings. The van der Waals surface area contributed by atoms with E-state index in [1.807, 2.05) is 48.5 Å². The van der Waals surface area contributed by atoms with E-state index < -0.39 is 0 Å². The Bertz CT molecular complexity index is 998. The molecule has 5 nitrogen and oxygen atoms in total. The van der Waals surface area contributed by atoms with Gasteiger partial charge in [-0.25, -0.2) is 0 Å². The molecular weight excluding hydrogens is 424 g/mol. The van der Waals surface area contributed by atoms with Crippen LogP contribution in [0.5, 0.6) is 17.2 Å². The quantitative estimate of drug-likeness (QED) is 0.525. The maximum atomic E-state index is 6.36. The topological polar surface area (TPSA) is 43.0 Å². The van der Waals surface area contributed by atoms with Crippen LogP contribution < -0.4 is 19.5 Å². The van der Waals surface area contributed by atoms with Gasteiger partial charge in [-0.2, -0.15) is 0 Å². The van der Waals surface area contributed by atoms with Crippen molar-refractivity contribution >= 4 is 11.6 Å². The summed E-state index contributed by atoms with van der Waals surface area (Å²) in [5, 5.41) is 4.16. The van der Waals surface area contributed by atoms with Crippen LogP contribution in [0.2, 0.25) is 5.02 Å². The lowest BCUT2D eigenvalue weighted by molar-refractivity contribution is 0.197. The van der Waals surface area contributed by atoms with Crippen LogP contribution in [0.1, 0.15) is 22.7 Å². The molecular formula is C26H29ClN2O3. The third-order valence-corrected chi connectivity index (χ3v) is 5.94. The molecule has 0 saturated carbocycles. The average molecular weight is 453 g/mol. The van der Waals surface area contributed by atoms with Crippen LogP contribution >= 0.6 is 11.6 Å². The molecule has 0 aromatic heterocycles. The van der Waals surface area contributed by atoms with Gasteiger partial charge in [0.05, 0.1) is 20.3 Å². The molecule has 1 N–H and O–H groups in total. The molecule has 1 aliphatic heterocycles. The summed E-state index contributed by atoms with van der Waals surface area (Å²) in [6.07, 6.45) is 0. The number of piperazine rings is 1. The number of hydrogen-bond acceptors (Lipinski definition) is 5. The number of nitrogens with one attached hydrogen (secondary N) is 1. The summed E-state index contributed by atoms with van der Waals surface area (Å²) in [5.41, 5.74) is 3.30. The summed E-state index contributed by atoms with van der Waals surface area (Å²) in [6.45, 7) is 4.21. The highest BCUT2D eigenvalue weighted by Crippen LogP contribution is 2.43. The van der Waals surface area contributed by atoms with Gasteiger partial charge < -0.3 is 19.5 Å².